The van der Waals surface area contributed by atoms with Gasteiger partial charge in [-0.1, -0.05) is 6.58 Å². The number of rotatable bonds is 10. The van der Waals surface area contributed by atoms with Crippen molar-refractivity contribution in [1.29, 1.82) is 0 Å². The Morgan fingerprint density at radius 1 is 1.24 bits per heavy atom. The van der Waals surface area contributed by atoms with Crippen molar-refractivity contribution in [3.05, 3.63) is 18.5 Å². The molecule has 0 radical (unpaired) electrons. The van der Waals surface area contributed by atoms with E-state index >= 15 is 0 Å². The molecule has 3 rings (SSSR count). The number of ether oxygens (including phenoxy) is 1. The molecule has 1 saturated carbocycles. The number of anilines is 2. The Bertz CT molecular complexity index is 939. The van der Waals surface area contributed by atoms with E-state index in [9.17, 15) is 4.57 Å². The van der Waals surface area contributed by atoms with Gasteiger partial charge in [0, 0.05) is 0 Å². The second kappa shape index (κ2) is 8.02. The quantitative estimate of drug-likeness (QED) is 0.435. The highest BCUT2D eigenvalue weighted by molar-refractivity contribution is 7.53. The first-order valence-electron chi connectivity index (χ1n) is 9.55. The average molecular weight is 424 g/mol. The smallest absolute Gasteiger partial charge is 0.356 e. The van der Waals surface area contributed by atoms with Crippen molar-refractivity contribution in [1.82, 2.24) is 19.5 Å². The number of nitrogens with zero attached hydrogens (tertiary/aromatic N) is 4. The lowest BCUT2D eigenvalue weighted by atomic mass is 10.1. The summed E-state index contributed by atoms with van der Waals surface area (Å²) >= 11 is 0. The van der Waals surface area contributed by atoms with Crippen LogP contribution in [0.15, 0.2) is 18.5 Å². The van der Waals surface area contributed by atoms with Crippen LogP contribution in [0.3, 0.4) is 0 Å². The van der Waals surface area contributed by atoms with E-state index in [2.05, 4.69) is 21.5 Å². The number of aromatic nitrogens is 4. The van der Waals surface area contributed by atoms with Gasteiger partial charge in [0.1, 0.15) is 11.9 Å². The molecular formula is C18H29N6O4P. The molecule has 0 aliphatic heterocycles. The molecule has 0 amide bonds. The maximum absolute atomic E-state index is 12.9. The van der Waals surface area contributed by atoms with Crippen molar-refractivity contribution >= 4 is 30.5 Å². The Labute approximate surface area is 170 Å². The SMILES string of the molecule is C=C(COCP(=O)(OC(C)C)OC(C)C)C1(n2cnc3c(N)nc(N)nc32)CC1. The van der Waals surface area contributed by atoms with E-state index in [4.69, 9.17) is 25.3 Å². The van der Waals surface area contributed by atoms with Gasteiger partial charge in [-0.3, -0.25) is 4.57 Å². The van der Waals surface area contributed by atoms with Crippen LogP contribution in [0.2, 0.25) is 0 Å². The van der Waals surface area contributed by atoms with Gasteiger partial charge in [-0.05, 0) is 46.1 Å². The van der Waals surface area contributed by atoms with Crippen molar-refractivity contribution in [2.24, 2.45) is 0 Å². The van der Waals surface area contributed by atoms with Crippen molar-refractivity contribution < 1.29 is 18.3 Å². The van der Waals surface area contributed by atoms with E-state index in [0.29, 0.717) is 11.2 Å². The summed E-state index contributed by atoms with van der Waals surface area (Å²) in [6, 6.07) is 0. The fourth-order valence-electron chi connectivity index (χ4n) is 3.28. The van der Waals surface area contributed by atoms with Crippen LogP contribution in [0, 0.1) is 0 Å². The van der Waals surface area contributed by atoms with Gasteiger partial charge in [0.25, 0.3) is 0 Å². The predicted octanol–water partition coefficient (Wildman–Crippen LogP) is 3.05. The standard InChI is InChI=1S/C18H29N6O4P/c1-11(2)27-29(25,28-12(3)4)10-26-8-13(5)18(6-7-18)24-9-21-14-15(19)22-17(20)23-16(14)24/h9,11-12H,5-8,10H2,1-4H3,(H4,19,20,22,23). The normalized spacial score (nSPS) is 16.1. The van der Waals surface area contributed by atoms with Gasteiger partial charge in [0.2, 0.25) is 5.95 Å². The molecule has 0 saturated heterocycles. The van der Waals surface area contributed by atoms with E-state index in [1.165, 1.54) is 0 Å². The van der Waals surface area contributed by atoms with Crippen LogP contribution in [-0.4, -0.2) is 44.7 Å². The minimum Gasteiger partial charge on any atom is -0.382 e. The molecule has 4 N–H and O–H groups in total. The Balaban J connectivity index is 1.72. The molecule has 11 heteroatoms. The van der Waals surface area contributed by atoms with Gasteiger partial charge in [-0.2, -0.15) is 9.97 Å². The monoisotopic (exact) mass is 424 g/mol. The molecule has 0 spiro atoms. The summed E-state index contributed by atoms with van der Waals surface area (Å²) in [5.74, 6) is 0.327. The molecule has 2 aromatic heterocycles. The lowest BCUT2D eigenvalue weighted by Crippen LogP contribution is -2.23. The summed E-state index contributed by atoms with van der Waals surface area (Å²) in [5.41, 5.74) is 13.1. The van der Waals surface area contributed by atoms with E-state index in [-0.39, 0.29) is 42.5 Å². The van der Waals surface area contributed by atoms with E-state index < -0.39 is 7.60 Å². The van der Waals surface area contributed by atoms with E-state index in [0.717, 1.165) is 18.4 Å². The number of nitrogen functional groups attached to an aromatic ring is 2. The lowest BCUT2D eigenvalue weighted by Gasteiger charge is -2.24. The van der Waals surface area contributed by atoms with Gasteiger partial charge in [0.15, 0.2) is 11.5 Å². The van der Waals surface area contributed by atoms with Crippen molar-refractivity contribution in [2.45, 2.75) is 58.3 Å². The molecule has 1 aliphatic carbocycles. The Hall–Kier alpha value is -2.00. The van der Waals surface area contributed by atoms with Crippen molar-refractivity contribution in [2.75, 3.05) is 24.4 Å². The molecule has 0 atom stereocenters. The second-order valence-corrected chi connectivity index (χ2v) is 9.69. The minimum absolute atomic E-state index is 0.0898. The van der Waals surface area contributed by atoms with Gasteiger partial charge in [-0.15, -0.1) is 0 Å². The molecule has 160 valence electrons. The molecule has 2 aromatic rings. The highest BCUT2D eigenvalue weighted by Gasteiger charge is 2.48. The zero-order valence-corrected chi connectivity index (χ0v) is 18.2. The van der Waals surface area contributed by atoms with E-state index in [1.54, 1.807) is 34.0 Å². The van der Waals surface area contributed by atoms with Crippen LogP contribution in [0.1, 0.15) is 40.5 Å². The van der Waals surface area contributed by atoms with Crippen LogP contribution in [-0.2, 0) is 23.9 Å². The topological polar surface area (TPSA) is 140 Å². The van der Waals surface area contributed by atoms with E-state index in [1.807, 2.05) is 4.57 Å². The summed E-state index contributed by atoms with van der Waals surface area (Å²) in [5, 5.41) is 0. The van der Waals surface area contributed by atoms with Crippen LogP contribution < -0.4 is 11.5 Å². The number of imidazole rings is 1. The number of hydrogen-bond acceptors (Lipinski definition) is 9. The molecule has 0 bridgehead atoms. The Morgan fingerprint density at radius 2 is 1.86 bits per heavy atom. The molecule has 10 nitrogen and oxygen atoms in total. The molecule has 0 aromatic carbocycles. The summed E-state index contributed by atoms with van der Waals surface area (Å²) in [6.45, 7) is 11.6. The maximum Gasteiger partial charge on any atom is 0.356 e. The molecule has 2 heterocycles. The summed E-state index contributed by atoms with van der Waals surface area (Å²) in [6.07, 6.45) is 2.75. The Kier molecular flexibility index (Phi) is 6.01. The molecular weight excluding hydrogens is 395 g/mol. The zero-order valence-electron chi connectivity index (χ0n) is 17.3. The van der Waals surface area contributed by atoms with Crippen molar-refractivity contribution in [3.8, 4) is 0 Å². The third kappa shape index (κ3) is 4.61. The van der Waals surface area contributed by atoms with Gasteiger partial charge >= 0.3 is 7.60 Å². The highest BCUT2D eigenvalue weighted by atomic mass is 31.2. The average Bonchev–Trinajstić information content (AvgIpc) is 3.27. The molecule has 1 aliphatic rings. The molecule has 29 heavy (non-hydrogen) atoms. The first-order chi connectivity index (χ1) is 13.6. The minimum atomic E-state index is -3.37. The number of nitrogens with two attached hydrogens (primary N) is 2. The van der Waals surface area contributed by atoms with Crippen LogP contribution >= 0.6 is 7.60 Å². The van der Waals surface area contributed by atoms with Crippen LogP contribution in [0.5, 0.6) is 0 Å². The molecule has 0 unspecified atom stereocenters. The largest absolute Gasteiger partial charge is 0.382 e. The first-order valence-corrected chi connectivity index (χ1v) is 11.3. The highest BCUT2D eigenvalue weighted by Crippen LogP contribution is 2.52. The van der Waals surface area contributed by atoms with Crippen LogP contribution in [0.4, 0.5) is 11.8 Å². The summed E-state index contributed by atoms with van der Waals surface area (Å²) in [7, 11) is -3.37. The third-order valence-electron chi connectivity index (χ3n) is 4.55. The summed E-state index contributed by atoms with van der Waals surface area (Å²) < 4.78 is 31.5. The fourth-order valence-corrected chi connectivity index (χ4v) is 5.05. The maximum atomic E-state index is 12.9. The summed E-state index contributed by atoms with van der Waals surface area (Å²) in [4.78, 5) is 12.6. The van der Waals surface area contributed by atoms with Gasteiger partial charge in [0.05, 0.1) is 30.7 Å². The fraction of sp³-hybridized carbons (Fsp3) is 0.611. The Morgan fingerprint density at radius 3 is 2.41 bits per heavy atom. The lowest BCUT2D eigenvalue weighted by molar-refractivity contribution is 0.104. The molecule has 1 fully saturated rings. The first kappa shape index (κ1) is 21.7. The predicted molar refractivity (Wildman–Crippen MR) is 111 cm³/mol. The van der Waals surface area contributed by atoms with Gasteiger partial charge < -0.3 is 29.8 Å². The van der Waals surface area contributed by atoms with Gasteiger partial charge in [-0.25, -0.2) is 4.98 Å². The zero-order chi connectivity index (χ0) is 21.4. The number of fused-ring (bicyclic) bond motifs is 1. The van der Waals surface area contributed by atoms with Crippen molar-refractivity contribution in [3.63, 3.8) is 0 Å². The second-order valence-electron chi connectivity index (χ2n) is 7.79. The third-order valence-corrected chi connectivity index (χ3v) is 6.54. The number of hydrogen-bond donors (Lipinski definition) is 2. The van der Waals surface area contributed by atoms with Crippen LogP contribution in [0.25, 0.3) is 11.2 Å².